The predicted octanol–water partition coefficient (Wildman–Crippen LogP) is 1.72. The van der Waals surface area contributed by atoms with E-state index >= 15 is 0 Å². The van der Waals surface area contributed by atoms with Crippen molar-refractivity contribution < 1.29 is 26.4 Å². The molecule has 2 heterocycles. The van der Waals surface area contributed by atoms with Crippen molar-refractivity contribution in [2.45, 2.75) is 44.5 Å². The Bertz CT molecular complexity index is 697. The molecular formula is C17H31F3IN5O3S. The molecule has 0 aliphatic carbocycles. The first-order chi connectivity index (χ1) is 13.5. The molecule has 0 aromatic carbocycles. The summed E-state index contributed by atoms with van der Waals surface area (Å²) in [6, 6.07) is 0. The minimum atomic E-state index is -5.26. The number of halogens is 4. The fraction of sp³-hybridized carbons (Fsp3) is 0.882. The molecule has 8 nitrogen and oxygen atoms in total. The van der Waals surface area contributed by atoms with Gasteiger partial charge in [0.2, 0.25) is 5.91 Å². The average molecular weight is 569 g/mol. The van der Waals surface area contributed by atoms with Crippen molar-refractivity contribution in [2.24, 2.45) is 22.6 Å². The molecular weight excluding hydrogens is 538 g/mol. The number of guanidine groups is 1. The fourth-order valence-corrected chi connectivity index (χ4v) is 4.81. The van der Waals surface area contributed by atoms with E-state index in [1.807, 2.05) is 6.92 Å². The molecule has 2 aliphatic rings. The van der Waals surface area contributed by atoms with E-state index in [9.17, 15) is 26.4 Å². The minimum absolute atomic E-state index is 0. The summed E-state index contributed by atoms with van der Waals surface area (Å²) >= 11 is 0. The Balaban J connectivity index is 0.00000450. The third-order valence-electron chi connectivity index (χ3n) is 5.35. The fourth-order valence-electron chi connectivity index (χ4n) is 3.83. The number of nitrogens with zero attached hydrogens (tertiary/aromatic N) is 3. The molecule has 176 valence electrons. The lowest BCUT2D eigenvalue weighted by atomic mass is 9.95. The Morgan fingerprint density at radius 3 is 2.33 bits per heavy atom. The average Bonchev–Trinajstić information content (AvgIpc) is 2.64. The van der Waals surface area contributed by atoms with Gasteiger partial charge in [-0.15, -0.1) is 24.0 Å². The van der Waals surface area contributed by atoms with Gasteiger partial charge < -0.3 is 16.0 Å². The molecule has 1 amide bonds. The van der Waals surface area contributed by atoms with Crippen LogP contribution in [0.25, 0.3) is 0 Å². The van der Waals surface area contributed by atoms with Crippen LogP contribution in [0.1, 0.15) is 39.0 Å². The van der Waals surface area contributed by atoms with E-state index in [4.69, 9.17) is 5.73 Å². The number of amides is 1. The van der Waals surface area contributed by atoms with Crippen LogP contribution in [0.3, 0.4) is 0 Å². The number of hydrogen-bond donors (Lipinski definition) is 2. The van der Waals surface area contributed by atoms with Gasteiger partial charge in [0.25, 0.3) is 0 Å². The third-order valence-corrected chi connectivity index (χ3v) is 6.98. The maximum atomic E-state index is 12.7. The van der Waals surface area contributed by atoms with Gasteiger partial charge in [-0.2, -0.15) is 17.5 Å². The zero-order valence-electron chi connectivity index (χ0n) is 17.0. The molecule has 2 rings (SSSR count). The van der Waals surface area contributed by atoms with Crippen LogP contribution in [0.15, 0.2) is 4.99 Å². The maximum absolute atomic E-state index is 12.7. The number of carbonyl (C=O) groups excluding carboxylic acids is 1. The zero-order chi connectivity index (χ0) is 21.7. The Morgan fingerprint density at radius 1 is 1.17 bits per heavy atom. The van der Waals surface area contributed by atoms with Gasteiger partial charge in [-0.1, -0.05) is 0 Å². The maximum Gasteiger partial charge on any atom is 0.511 e. The number of alkyl halides is 3. The van der Waals surface area contributed by atoms with Crippen LogP contribution in [0.2, 0.25) is 0 Å². The SMILES string of the molecule is CCNC(=NCC1CCN(S(=O)(=O)C(F)(F)F)CC1)N1CCCC(CC(N)=O)C1.I. The summed E-state index contributed by atoms with van der Waals surface area (Å²) < 4.78 is 61.5. The van der Waals surface area contributed by atoms with Gasteiger partial charge in [-0.3, -0.25) is 9.79 Å². The van der Waals surface area contributed by atoms with Gasteiger partial charge in [0.1, 0.15) is 0 Å². The summed E-state index contributed by atoms with van der Waals surface area (Å²) in [5.41, 5.74) is 0.0498. The smallest absolute Gasteiger partial charge is 0.370 e. The molecule has 0 saturated carbocycles. The second-order valence-electron chi connectivity index (χ2n) is 7.61. The lowest BCUT2D eigenvalue weighted by Gasteiger charge is -2.35. The van der Waals surface area contributed by atoms with Gasteiger partial charge in [0, 0.05) is 45.7 Å². The van der Waals surface area contributed by atoms with Crippen LogP contribution in [-0.4, -0.2) is 74.3 Å². The molecule has 0 aromatic heterocycles. The Hall–Kier alpha value is -0.830. The van der Waals surface area contributed by atoms with Crippen molar-refractivity contribution in [3.8, 4) is 0 Å². The second kappa shape index (κ2) is 11.7. The highest BCUT2D eigenvalue weighted by Crippen LogP contribution is 2.30. The van der Waals surface area contributed by atoms with Crippen molar-refractivity contribution >= 4 is 45.9 Å². The van der Waals surface area contributed by atoms with Gasteiger partial charge in [-0.05, 0) is 44.4 Å². The first-order valence-electron chi connectivity index (χ1n) is 9.92. The third kappa shape index (κ3) is 7.39. The van der Waals surface area contributed by atoms with E-state index < -0.39 is 15.5 Å². The molecule has 0 aromatic rings. The highest BCUT2D eigenvalue weighted by Gasteiger charge is 2.50. The van der Waals surface area contributed by atoms with Gasteiger partial charge in [0.15, 0.2) is 5.96 Å². The summed E-state index contributed by atoms with van der Waals surface area (Å²) in [6.07, 6.45) is 2.87. The molecule has 1 atom stereocenters. The number of likely N-dealkylation sites (tertiary alicyclic amines) is 1. The standard InChI is InChI=1S/C17H30F3N5O3S.HI/c1-2-22-16(24-7-3-4-14(12-24)10-15(21)26)23-11-13-5-8-25(9-6-13)29(27,28)17(18,19)20;/h13-14H,2-12H2,1H3,(H2,21,26)(H,22,23);1H. The van der Waals surface area contributed by atoms with Crippen molar-refractivity contribution in [2.75, 3.05) is 39.3 Å². The highest BCUT2D eigenvalue weighted by molar-refractivity contribution is 14.0. The lowest BCUT2D eigenvalue weighted by Crippen LogP contribution is -2.47. The number of sulfonamides is 1. The van der Waals surface area contributed by atoms with Crippen molar-refractivity contribution in [3.05, 3.63) is 0 Å². The first-order valence-corrected chi connectivity index (χ1v) is 11.4. The number of rotatable bonds is 6. The number of nitrogens with two attached hydrogens (primary N) is 1. The molecule has 2 saturated heterocycles. The van der Waals surface area contributed by atoms with E-state index in [0.717, 1.165) is 19.4 Å². The van der Waals surface area contributed by atoms with E-state index in [0.29, 0.717) is 49.2 Å². The Kier molecular flexibility index (Phi) is 10.6. The predicted molar refractivity (Wildman–Crippen MR) is 119 cm³/mol. The minimum Gasteiger partial charge on any atom is -0.370 e. The van der Waals surface area contributed by atoms with Crippen LogP contribution < -0.4 is 11.1 Å². The Labute approximate surface area is 192 Å². The number of aliphatic imine (C=N–C) groups is 1. The molecule has 0 spiro atoms. The van der Waals surface area contributed by atoms with Crippen LogP contribution in [0.4, 0.5) is 13.2 Å². The normalized spacial score (nSPS) is 22.5. The Morgan fingerprint density at radius 2 is 1.80 bits per heavy atom. The van der Waals surface area contributed by atoms with Crippen LogP contribution >= 0.6 is 24.0 Å². The van der Waals surface area contributed by atoms with E-state index in [-0.39, 0.29) is 54.8 Å². The summed E-state index contributed by atoms with van der Waals surface area (Å²) in [6.45, 7) is 4.21. The summed E-state index contributed by atoms with van der Waals surface area (Å²) in [5, 5.41) is 3.22. The largest absolute Gasteiger partial charge is 0.511 e. The van der Waals surface area contributed by atoms with E-state index in [2.05, 4.69) is 15.2 Å². The van der Waals surface area contributed by atoms with E-state index in [1.165, 1.54) is 0 Å². The quantitative estimate of drug-likeness (QED) is 0.288. The van der Waals surface area contributed by atoms with Gasteiger partial charge >= 0.3 is 15.5 Å². The van der Waals surface area contributed by atoms with Gasteiger partial charge in [-0.25, -0.2) is 8.42 Å². The zero-order valence-corrected chi connectivity index (χ0v) is 20.2. The van der Waals surface area contributed by atoms with Crippen LogP contribution in [-0.2, 0) is 14.8 Å². The topological polar surface area (TPSA) is 108 Å². The monoisotopic (exact) mass is 569 g/mol. The molecule has 2 fully saturated rings. The molecule has 1 unspecified atom stereocenters. The van der Waals surface area contributed by atoms with Crippen LogP contribution in [0.5, 0.6) is 0 Å². The second-order valence-corrected chi connectivity index (χ2v) is 9.54. The van der Waals surface area contributed by atoms with Crippen molar-refractivity contribution in [3.63, 3.8) is 0 Å². The molecule has 0 radical (unpaired) electrons. The van der Waals surface area contributed by atoms with Crippen LogP contribution in [0, 0.1) is 11.8 Å². The summed E-state index contributed by atoms with van der Waals surface area (Å²) in [4.78, 5) is 17.9. The van der Waals surface area contributed by atoms with Gasteiger partial charge in [0.05, 0.1) is 0 Å². The van der Waals surface area contributed by atoms with E-state index in [1.54, 1.807) is 0 Å². The molecule has 13 heteroatoms. The molecule has 30 heavy (non-hydrogen) atoms. The highest BCUT2D eigenvalue weighted by atomic mass is 127. The number of carbonyl (C=O) groups is 1. The number of primary amides is 1. The number of nitrogens with one attached hydrogen (secondary N) is 1. The number of piperidine rings is 2. The first kappa shape index (κ1) is 27.2. The summed E-state index contributed by atoms with van der Waals surface area (Å²) in [7, 11) is -5.26. The molecule has 2 aliphatic heterocycles. The molecule has 3 N–H and O–H groups in total. The summed E-state index contributed by atoms with van der Waals surface area (Å²) in [5.74, 6) is 0.599. The van der Waals surface area contributed by atoms with Crippen molar-refractivity contribution in [1.82, 2.24) is 14.5 Å². The number of hydrogen-bond acceptors (Lipinski definition) is 4. The molecule has 0 bridgehead atoms. The lowest BCUT2D eigenvalue weighted by molar-refractivity contribution is -0.119. The van der Waals surface area contributed by atoms with Crippen molar-refractivity contribution in [1.29, 1.82) is 0 Å².